The van der Waals surface area contributed by atoms with E-state index >= 15 is 0 Å². The van der Waals surface area contributed by atoms with Gasteiger partial charge in [-0.1, -0.05) is 19.9 Å². The Labute approximate surface area is 157 Å². The number of carbonyl (C=O) groups excluding carboxylic acids is 2. The van der Waals surface area contributed by atoms with Crippen LogP contribution < -0.4 is 15.5 Å². The summed E-state index contributed by atoms with van der Waals surface area (Å²) >= 11 is 0. The number of aromatic nitrogens is 1. The van der Waals surface area contributed by atoms with E-state index in [-0.39, 0.29) is 17.7 Å². The second-order valence-electron chi connectivity index (χ2n) is 8.03. The van der Waals surface area contributed by atoms with Crippen LogP contribution in [-0.4, -0.2) is 41.7 Å². The molecule has 0 aliphatic carbocycles. The third-order valence-electron chi connectivity index (χ3n) is 5.86. The highest BCUT2D eigenvalue weighted by atomic mass is 16.3. The lowest BCUT2D eigenvalue weighted by molar-refractivity contribution is -0.120. The summed E-state index contributed by atoms with van der Waals surface area (Å²) in [6, 6.07) is 7.27. The van der Waals surface area contributed by atoms with Gasteiger partial charge in [0.15, 0.2) is 0 Å². The van der Waals surface area contributed by atoms with Crippen LogP contribution in [-0.2, 0) is 10.4 Å². The van der Waals surface area contributed by atoms with E-state index in [0.29, 0.717) is 18.7 Å². The number of nitrogens with zero attached hydrogens (tertiary/aromatic N) is 2. The van der Waals surface area contributed by atoms with Crippen molar-refractivity contribution in [3.8, 4) is 0 Å². The fraction of sp³-hybridized carbons (Fsp3) is 0.450. The summed E-state index contributed by atoms with van der Waals surface area (Å²) in [7, 11) is 0. The molecule has 2 aromatic rings. The number of urea groups is 1. The van der Waals surface area contributed by atoms with E-state index < -0.39 is 11.6 Å². The number of nitrogens with one attached hydrogen (secondary N) is 2. The predicted octanol–water partition coefficient (Wildman–Crippen LogP) is 1.89. The molecule has 4 rings (SSSR count). The van der Waals surface area contributed by atoms with Gasteiger partial charge in [0, 0.05) is 30.3 Å². The zero-order valence-electron chi connectivity index (χ0n) is 15.6. The summed E-state index contributed by atoms with van der Waals surface area (Å²) in [5.41, 5.74) is 1.06. The predicted molar refractivity (Wildman–Crippen MR) is 102 cm³/mol. The van der Waals surface area contributed by atoms with Gasteiger partial charge in [0.25, 0.3) is 0 Å². The van der Waals surface area contributed by atoms with Crippen molar-refractivity contribution < 1.29 is 14.7 Å². The molecule has 7 heteroatoms. The minimum Gasteiger partial charge on any atom is -0.385 e. The molecular formula is C20H24N4O3. The monoisotopic (exact) mass is 368 g/mol. The quantitative estimate of drug-likeness (QED) is 0.752. The number of carbonyl (C=O) groups is 2. The molecule has 3 N–H and O–H groups in total. The van der Waals surface area contributed by atoms with Crippen LogP contribution in [0.4, 0.5) is 10.5 Å². The number of aliphatic hydroxyl groups is 1. The van der Waals surface area contributed by atoms with Gasteiger partial charge in [0.1, 0.15) is 0 Å². The topological polar surface area (TPSA) is 94.6 Å². The maximum atomic E-state index is 12.1. The van der Waals surface area contributed by atoms with Gasteiger partial charge in [-0.2, -0.15) is 0 Å². The van der Waals surface area contributed by atoms with Crippen molar-refractivity contribution in [1.29, 1.82) is 0 Å². The van der Waals surface area contributed by atoms with E-state index in [1.54, 1.807) is 6.20 Å². The van der Waals surface area contributed by atoms with Gasteiger partial charge < -0.3 is 10.4 Å². The zero-order valence-corrected chi connectivity index (χ0v) is 15.6. The third kappa shape index (κ3) is 2.96. The van der Waals surface area contributed by atoms with Gasteiger partial charge in [-0.3, -0.25) is 20.0 Å². The van der Waals surface area contributed by atoms with Gasteiger partial charge in [-0.15, -0.1) is 0 Å². The van der Waals surface area contributed by atoms with Crippen molar-refractivity contribution in [3.05, 3.63) is 36.0 Å². The van der Waals surface area contributed by atoms with Gasteiger partial charge in [0.05, 0.1) is 23.0 Å². The van der Waals surface area contributed by atoms with E-state index in [9.17, 15) is 14.7 Å². The molecule has 3 heterocycles. The first kappa shape index (κ1) is 17.9. The second kappa shape index (κ2) is 6.28. The first-order valence-corrected chi connectivity index (χ1v) is 9.25. The highest BCUT2D eigenvalue weighted by Gasteiger charge is 2.46. The molecular weight excluding hydrogens is 344 g/mol. The normalized spacial score (nSPS) is 25.5. The highest BCUT2D eigenvalue weighted by molar-refractivity contribution is 6.06. The lowest BCUT2D eigenvalue weighted by Gasteiger charge is -2.47. The molecule has 2 aliphatic heterocycles. The minimum absolute atomic E-state index is 0.261. The first-order chi connectivity index (χ1) is 12.8. The molecule has 0 saturated carbocycles. The average molecular weight is 368 g/mol. The third-order valence-corrected chi connectivity index (χ3v) is 5.86. The molecule has 0 radical (unpaired) electrons. The van der Waals surface area contributed by atoms with Crippen molar-refractivity contribution in [2.45, 2.75) is 32.3 Å². The number of hydrogen-bond donors (Lipinski definition) is 3. The summed E-state index contributed by atoms with van der Waals surface area (Å²) in [5.74, 6) is -0.261. The van der Waals surface area contributed by atoms with Crippen LogP contribution in [0.1, 0.15) is 32.3 Å². The standard InChI is InChI=1S/C20H24N4O3/c1-19(2)12-21-7-6-20(19,27)14-3-4-16-13(9-14)10-15(11-22-16)24-8-5-17(25)23-18(24)26/h3-4,9-11,21,27H,5-8,12H2,1-2H3,(H,23,25,26). The van der Waals surface area contributed by atoms with Crippen LogP contribution in [0.5, 0.6) is 0 Å². The highest BCUT2D eigenvalue weighted by Crippen LogP contribution is 2.44. The smallest absolute Gasteiger partial charge is 0.328 e. The Morgan fingerprint density at radius 2 is 2.04 bits per heavy atom. The Morgan fingerprint density at radius 3 is 2.78 bits per heavy atom. The van der Waals surface area contributed by atoms with Gasteiger partial charge in [-0.25, -0.2) is 4.79 Å². The van der Waals surface area contributed by atoms with Crippen LogP contribution in [0, 0.1) is 5.41 Å². The fourth-order valence-corrected chi connectivity index (χ4v) is 4.03. The van der Waals surface area contributed by atoms with Crippen LogP contribution in [0.25, 0.3) is 10.9 Å². The lowest BCUT2D eigenvalue weighted by atomic mass is 9.67. The van der Waals surface area contributed by atoms with Gasteiger partial charge >= 0.3 is 6.03 Å². The van der Waals surface area contributed by atoms with E-state index in [4.69, 9.17) is 0 Å². The summed E-state index contributed by atoms with van der Waals surface area (Å²) in [4.78, 5) is 29.5. The van der Waals surface area contributed by atoms with Crippen molar-refractivity contribution in [2.75, 3.05) is 24.5 Å². The number of benzene rings is 1. The molecule has 3 amide bonds. The summed E-state index contributed by atoms with van der Waals surface area (Å²) in [6.07, 6.45) is 2.54. The molecule has 1 aromatic heterocycles. The minimum atomic E-state index is -0.933. The SMILES string of the molecule is CC1(C)CNCCC1(O)c1ccc2ncc(N3CCC(=O)NC3=O)cc2c1. The molecule has 7 nitrogen and oxygen atoms in total. The van der Waals surface area contributed by atoms with Gasteiger partial charge in [0.2, 0.25) is 5.91 Å². The summed E-state index contributed by atoms with van der Waals surface area (Å²) in [5, 5.41) is 18.0. The molecule has 1 atom stereocenters. The fourth-order valence-electron chi connectivity index (χ4n) is 4.03. The van der Waals surface area contributed by atoms with Crippen molar-refractivity contribution in [3.63, 3.8) is 0 Å². The number of imide groups is 1. The lowest BCUT2D eigenvalue weighted by Crippen LogP contribution is -2.53. The van der Waals surface area contributed by atoms with Gasteiger partial charge in [-0.05, 0) is 36.7 Å². The molecule has 27 heavy (non-hydrogen) atoms. The number of amides is 3. The molecule has 142 valence electrons. The summed E-state index contributed by atoms with van der Waals surface area (Å²) in [6.45, 7) is 5.96. The van der Waals surface area contributed by atoms with Crippen molar-refractivity contribution >= 4 is 28.5 Å². The number of anilines is 1. The Bertz CT molecular complexity index is 927. The molecule has 2 fully saturated rings. The molecule has 1 aromatic carbocycles. The Kier molecular flexibility index (Phi) is 4.16. The van der Waals surface area contributed by atoms with Crippen LogP contribution >= 0.6 is 0 Å². The molecule has 2 aliphatic rings. The Morgan fingerprint density at radius 1 is 1.22 bits per heavy atom. The maximum absolute atomic E-state index is 12.1. The number of hydrogen-bond acceptors (Lipinski definition) is 5. The van der Waals surface area contributed by atoms with E-state index in [0.717, 1.165) is 29.6 Å². The Balaban J connectivity index is 1.73. The number of piperidine rings is 1. The maximum Gasteiger partial charge on any atom is 0.328 e. The molecule has 0 spiro atoms. The van der Waals surface area contributed by atoms with E-state index in [1.807, 2.05) is 24.3 Å². The second-order valence-corrected chi connectivity index (χ2v) is 8.03. The molecule has 2 saturated heterocycles. The van der Waals surface area contributed by atoms with Crippen LogP contribution in [0.2, 0.25) is 0 Å². The summed E-state index contributed by atoms with van der Waals surface area (Å²) < 4.78 is 0. The molecule has 1 unspecified atom stereocenters. The van der Waals surface area contributed by atoms with Crippen molar-refractivity contribution in [1.82, 2.24) is 15.6 Å². The number of pyridine rings is 1. The first-order valence-electron chi connectivity index (χ1n) is 9.25. The van der Waals surface area contributed by atoms with Crippen LogP contribution in [0.3, 0.4) is 0 Å². The number of rotatable bonds is 2. The average Bonchev–Trinajstić information content (AvgIpc) is 2.63. The Hall–Kier alpha value is -2.51. The van der Waals surface area contributed by atoms with Crippen molar-refractivity contribution in [2.24, 2.45) is 5.41 Å². The van der Waals surface area contributed by atoms with E-state index in [1.165, 1.54) is 4.90 Å². The zero-order chi connectivity index (χ0) is 19.2. The molecule has 0 bridgehead atoms. The number of fused-ring (bicyclic) bond motifs is 1. The van der Waals surface area contributed by atoms with E-state index in [2.05, 4.69) is 29.5 Å². The largest absolute Gasteiger partial charge is 0.385 e. The van der Waals surface area contributed by atoms with Crippen LogP contribution in [0.15, 0.2) is 30.5 Å².